The van der Waals surface area contributed by atoms with Crippen LogP contribution in [0.2, 0.25) is 0 Å². The number of carboxylic acids is 1. The lowest BCUT2D eigenvalue weighted by Crippen LogP contribution is -2.55. The van der Waals surface area contributed by atoms with Crippen LogP contribution >= 0.6 is 11.8 Å². The lowest BCUT2D eigenvalue weighted by Gasteiger charge is -2.36. The van der Waals surface area contributed by atoms with Crippen molar-refractivity contribution in [2.45, 2.75) is 25.3 Å². The van der Waals surface area contributed by atoms with E-state index in [2.05, 4.69) is 0 Å². The van der Waals surface area contributed by atoms with Crippen LogP contribution in [0.15, 0.2) is 0 Å². The first kappa shape index (κ1) is 16.4. The first-order valence-corrected chi connectivity index (χ1v) is 9.72. The summed E-state index contributed by atoms with van der Waals surface area (Å²) in [6.45, 7) is 4.17. The van der Waals surface area contributed by atoms with Crippen LogP contribution in [-0.2, 0) is 14.6 Å². The summed E-state index contributed by atoms with van der Waals surface area (Å²) >= 11 is 1.47. The summed E-state index contributed by atoms with van der Waals surface area (Å²) in [6, 6.07) is -1.20. The number of hydrogen-bond donors (Lipinski definition) is 1. The molecule has 0 aromatic carbocycles. The Morgan fingerprint density at radius 2 is 1.81 bits per heavy atom. The first-order valence-electron chi connectivity index (χ1n) is 6.85. The van der Waals surface area contributed by atoms with Gasteiger partial charge in [0.05, 0.1) is 16.9 Å². The summed E-state index contributed by atoms with van der Waals surface area (Å²) in [5, 5.41) is 9.11. The number of urea groups is 1. The van der Waals surface area contributed by atoms with E-state index in [0.29, 0.717) is 5.75 Å². The number of hydrogen-bond acceptors (Lipinski definition) is 5. The summed E-state index contributed by atoms with van der Waals surface area (Å²) in [6.07, 6.45) is 0. The number of carbonyl (C=O) groups is 2. The van der Waals surface area contributed by atoms with Crippen LogP contribution in [0.3, 0.4) is 0 Å². The second-order valence-electron chi connectivity index (χ2n) is 5.65. The van der Waals surface area contributed by atoms with Crippen molar-refractivity contribution in [3.63, 3.8) is 0 Å². The fourth-order valence-electron chi connectivity index (χ4n) is 2.54. The Bertz CT molecular complexity index is 520. The van der Waals surface area contributed by atoms with E-state index in [0.717, 1.165) is 0 Å². The van der Waals surface area contributed by atoms with Gasteiger partial charge in [-0.2, -0.15) is 0 Å². The molecule has 9 heteroatoms. The van der Waals surface area contributed by atoms with Crippen molar-refractivity contribution in [1.29, 1.82) is 0 Å². The van der Waals surface area contributed by atoms with E-state index in [-0.39, 0.29) is 41.9 Å². The van der Waals surface area contributed by atoms with Gasteiger partial charge in [0.1, 0.15) is 6.04 Å². The molecule has 0 radical (unpaired) electrons. The van der Waals surface area contributed by atoms with Crippen molar-refractivity contribution in [2.24, 2.45) is 5.92 Å². The van der Waals surface area contributed by atoms with Gasteiger partial charge >= 0.3 is 12.0 Å². The largest absolute Gasteiger partial charge is 0.480 e. The van der Waals surface area contributed by atoms with Gasteiger partial charge in [-0.15, -0.1) is 11.8 Å². The average molecular weight is 336 g/mol. The first-order chi connectivity index (χ1) is 9.73. The quantitative estimate of drug-likeness (QED) is 0.780. The molecule has 0 spiro atoms. The topological polar surface area (TPSA) is 95.0 Å². The fraction of sp³-hybridized carbons (Fsp3) is 0.833. The molecule has 2 rings (SSSR count). The van der Waals surface area contributed by atoms with Crippen molar-refractivity contribution >= 4 is 33.6 Å². The molecule has 7 nitrogen and oxygen atoms in total. The van der Waals surface area contributed by atoms with Crippen LogP contribution < -0.4 is 0 Å². The van der Waals surface area contributed by atoms with Crippen LogP contribution in [0.5, 0.6) is 0 Å². The summed E-state index contributed by atoms with van der Waals surface area (Å²) < 4.78 is 22.9. The fourth-order valence-corrected chi connectivity index (χ4v) is 5.21. The van der Waals surface area contributed by atoms with Gasteiger partial charge in [0, 0.05) is 18.8 Å². The van der Waals surface area contributed by atoms with Gasteiger partial charge in [-0.25, -0.2) is 18.0 Å². The number of thioether (sulfide) groups is 1. The van der Waals surface area contributed by atoms with Gasteiger partial charge in [0.25, 0.3) is 0 Å². The predicted molar refractivity (Wildman–Crippen MR) is 80.0 cm³/mol. The maximum atomic E-state index is 12.6. The Hall–Kier alpha value is -0.960. The predicted octanol–water partition coefficient (Wildman–Crippen LogP) is 0.321. The van der Waals surface area contributed by atoms with E-state index in [9.17, 15) is 23.1 Å². The van der Waals surface area contributed by atoms with E-state index >= 15 is 0 Å². The molecule has 2 aliphatic heterocycles. The van der Waals surface area contributed by atoms with Crippen molar-refractivity contribution in [2.75, 3.05) is 30.3 Å². The minimum absolute atomic E-state index is 0.0518. The van der Waals surface area contributed by atoms with Crippen molar-refractivity contribution < 1.29 is 23.1 Å². The van der Waals surface area contributed by atoms with Crippen LogP contribution in [0.4, 0.5) is 4.79 Å². The number of rotatable bonds is 2. The highest BCUT2D eigenvalue weighted by Gasteiger charge is 2.45. The zero-order chi connectivity index (χ0) is 15.8. The highest BCUT2D eigenvalue weighted by molar-refractivity contribution is 8.00. The lowest BCUT2D eigenvalue weighted by atomic mass is 10.1. The van der Waals surface area contributed by atoms with Crippen molar-refractivity contribution in [1.82, 2.24) is 9.80 Å². The Labute approximate surface area is 128 Å². The van der Waals surface area contributed by atoms with E-state index in [1.54, 1.807) is 0 Å². The Morgan fingerprint density at radius 3 is 2.29 bits per heavy atom. The third-order valence-electron chi connectivity index (χ3n) is 3.73. The Kier molecular flexibility index (Phi) is 4.72. The molecule has 2 saturated heterocycles. The Balaban J connectivity index is 2.16. The third kappa shape index (κ3) is 3.45. The minimum atomic E-state index is -3.07. The number of aliphatic carboxylic acids is 1. The summed E-state index contributed by atoms with van der Waals surface area (Å²) in [7, 11) is -3.07. The molecule has 21 heavy (non-hydrogen) atoms. The smallest absolute Gasteiger partial charge is 0.327 e. The van der Waals surface area contributed by atoms with Crippen molar-refractivity contribution in [3.05, 3.63) is 0 Å². The molecule has 2 amide bonds. The highest BCUT2D eigenvalue weighted by atomic mass is 32.2. The number of nitrogens with zero attached hydrogens (tertiary/aromatic N) is 2. The van der Waals surface area contributed by atoms with Gasteiger partial charge in [-0.3, -0.25) is 4.90 Å². The number of sulfone groups is 1. The van der Waals surface area contributed by atoms with Gasteiger partial charge < -0.3 is 10.0 Å². The standard InChI is InChI=1S/C12H20N2O5S2/c1-8(2)10-14(9(7-20-10)11(15)16)12(17)13-3-5-21(18,19)6-4-13/h8-10H,3-7H2,1-2H3,(H,15,16). The second kappa shape index (κ2) is 6.04. The third-order valence-corrected chi connectivity index (χ3v) is 6.96. The molecule has 2 fully saturated rings. The molecule has 2 heterocycles. The molecule has 0 aromatic rings. The Morgan fingerprint density at radius 1 is 1.24 bits per heavy atom. The number of carboxylic acid groups (broad SMARTS) is 1. The SMILES string of the molecule is CC(C)C1SCC(C(=O)O)N1C(=O)N1CCS(=O)(=O)CC1. The van der Waals surface area contributed by atoms with E-state index < -0.39 is 21.8 Å². The minimum Gasteiger partial charge on any atom is -0.480 e. The second-order valence-corrected chi connectivity index (χ2v) is 9.10. The van der Waals surface area contributed by atoms with Crippen LogP contribution in [0.1, 0.15) is 13.8 Å². The molecule has 0 bridgehead atoms. The molecule has 0 saturated carbocycles. The molecule has 0 aliphatic carbocycles. The summed E-state index contributed by atoms with van der Waals surface area (Å²) in [4.78, 5) is 26.8. The van der Waals surface area contributed by atoms with E-state index in [4.69, 9.17) is 0 Å². The van der Waals surface area contributed by atoms with Crippen LogP contribution in [-0.4, -0.2) is 77.1 Å². The normalized spacial score (nSPS) is 28.9. The molecule has 120 valence electrons. The van der Waals surface area contributed by atoms with Gasteiger partial charge in [-0.05, 0) is 5.92 Å². The van der Waals surface area contributed by atoms with Crippen LogP contribution in [0.25, 0.3) is 0 Å². The van der Waals surface area contributed by atoms with E-state index in [1.807, 2.05) is 13.8 Å². The van der Waals surface area contributed by atoms with E-state index in [1.165, 1.54) is 21.6 Å². The zero-order valence-electron chi connectivity index (χ0n) is 12.1. The molecule has 2 aliphatic rings. The van der Waals surface area contributed by atoms with Crippen molar-refractivity contribution in [3.8, 4) is 0 Å². The average Bonchev–Trinajstić information content (AvgIpc) is 2.82. The number of carbonyl (C=O) groups excluding carboxylic acids is 1. The maximum absolute atomic E-state index is 12.6. The molecular weight excluding hydrogens is 316 g/mol. The van der Waals surface area contributed by atoms with Gasteiger partial charge in [0.15, 0.2) is 9.84 Å². The van der Waals surface area contributed by atoms with Gasteiger partial charge in [0.2, 0.25) is 0 Å². The summed E-state index contributed by atoms with van der Waals surface area (Å²) in [5.74, 6) is -0.607. The molecule has 1 N–H and O–H groups in total. The monoisotopic (exact) mass is 336 g/mol. The lowest BCUT2D eigenvalue weighted by molar-refractivity contribution is -0.141. The molecule has 2 unspecified atom stereocenters. The summed E-state index contributed by atoms with van der Waals surface area (Å²) in [5.41, 5.74) is 0. The molecule has 0 aromatic heterocycles. The highest BCUT2D eigenvalue weighted by Crippen LogP contribution is 2.35. The van der Waals surface area contributed by atoms with Crippen LogP contribution in [0, 0.1) is 5.92 Å². The number of amides is 2. The molecular formula is C12H20N2O5S2. The maximum Gasteiger partial charge on any atom is 0.327 e. The molecule has 2 atom stereocenters. The van der Waals surface area contributed by atoms with Gasteiger partial charge in [-0.1, -0.05) is 13.8 Å². The zero-order valence-corrected chi connectivity index (χ0v) is 13.7.